The van der Waals surface area contributed by atoms with E-state index >= 15 is 0 Å². The van der Waals surface area contributed by atoms with Crippen LogP contribution in [-0.2, 0) is 18.9 Å². The van der Waals surface area contributed by atoms with Crippen LogP contribution >= 0.6 is 0 Å². The molecular formula is C20H32O4. The molecule has 4 heteroatoms. The predicted molar refractivity (Wildman–Crippen MR) is 95.6 cm³/mol. The fourth-order valence-corrected chi connectivity index (χ4v) is 2.48. The minimum absolute atomic E-state index is 0.0982. The Morgan fingerprint density at radius 3 is 1.25 bits per heavy atom. The van der Waals surface area contributed by atoms with Gasteiger partial charge >= 0.3 is 0 Å². The standard InChI is InChI=1S/C20H32O4/c1-15(17-21-11-19(3,4)12-22-17)9-7-8-10-16(2)18-23-13-20(5,6)14-24-18/h7-10,17-18H,11-14H2,1-6H3/b8-7+,15-9-,16-10+. The average Bonchev–Trinajstić information content (AvgIpc) is 2.51. The molecule has 2 aliphatic rings. The smallest absolute Gasteiger partial charge is 0.179 e. The Morgan fingerprint density at radius 2 is 0.958 bits per heavy atom. The summed E-state index contributed by atoms with van der Waals surface area (Å²) in [6, 6.07) is 0. The lowest BCUT2D eigenvalue weighted by molar-refractivity contribution is -0.202. The summed E-state index contributed by atoms with van der Waals surface area (Å²) >= 11 is 0. The molecule has 2 fully saturated rings. The van der Waals surface area contributed by atoms with Gasteiger partial charge in [-0.2, -0.15) is 0 Å². The van der Waals surface area contributed by atoms with Crippen molar-refractivity contribution in [2.45, 2.75) is 54.1 Å². The van der Waals surface area contributed by atoms with Gasteiger partial charge in [-0.25, -0.2) is 0 Å². The van der Waals surface area contributed by atoms with E-state index in [2.05, 4.69) is 27.7 Å². The molecule has 0 aromatic rings. The maximum absolute atomic E-state index is 5.77. The Kier molecular flexibility index (Phi) is 6.43. The van der Waals surface area contributed by atoms with E-state index < -0.39 is 0 Å². The van der Waals surface area contributed by atoms with Gasteiger partial charge in [0.05, 0.1) is 26.4 Å². The highest BCUT2D eigenvalue weighted by Gasteiger charge is 2.29. The normalized spacial score (nSPS) is 26.9. The summed E-state index contributed by atoms with van der Waals surface area (Å²) in [4.78, 5) is 0. The van der Waals surface area contributed by atoms with Gasteiger partial charge in [0, 0.05) is 10.8 Å². The lowest BCUT2D eigenvalue weighted by Gasteiger charge is -2.35. The summed E-state index contributed by atoms with van der Waals surface area (Å²) < 4.78 is 23.1. The Hall–Kier alpha value is -0.940. The summed E-state index contributed by atoms with van der Waals surface area (Å²) in [5.74, 6) is 0. The number of ether oxygens (including phenoxy) is 4. The molecular weight excluding hydrogens is 304 g/mol. The average molecular weight is 336 g/mol. The zero-order chi connectivity index (χ0) is 17.8. The molecule has 0 aromatic carbocycles. The van der Waals surface area contributed by atoms with Crippen molar-refractivity contribution < 1.29 is 18.9 Å². The molecule has 2 heterocycles. The molecule has 2 saturated heterocycles. The van der Waals surface area contributed by atoms with Crippen LogP contribution in [0.2, 0.25) is 0 Å². The molecule has 0 atom stereocenters. The monoisotopic (exact) mass is 336 g/mol. The Labute approximate surface area is 146 Å². The molecule has 0 unspecified atom stereocenters. The third kappa shape index (κ3) is 5.85. The highest BCUT2D eigenvalue weighted by molar-refractivity contribution is 5.20. The molecule has 0 amide bonds. The van der Waals surface area contributed by atoms with Crippen LogP contribution in [-0.4, -0.2) is 39.0 Å². The van der Waals surface area contributed by atoms with E-state index in [0.29, 0.717) is 0 Å². The van der Waals surface area contributed by atoms with Crippen LogP contribution in [0.25, 0.3) is 0 Å². The van der Waals surface area contributed by atoms with Gasteiger partial charge in [0.25, 0.3) is 0 Å². The van der Waals surface area contributed by atoms with Crippen LogP contribution in [0.15, 0.2) is 35.5 Å². The molecule has 0 spiro atoms. The quantitative estimate of drug-likeness (QED) is 0.720. The lowest BCUT2D eigenvalue weighted by Crippen LogP contribution is -2.38. The van der Waals surface area contributed by atoms with Gasteiger partial charge in [0.1, 0.15) is 0 Å². The van der Waals surface area contributed by atoms with Crippen molar-refractivity contribution in [2.24, 2.45) is 10.8 Å². The van der Waals surface area contributed by atoms with E-state index in [4.69, 9.17) is 18.9 Å². The summed E-state index contributed by atoms with van der Waals surface area (Å²) in [5, 5.41) is 0. The molecule has 2 aliphatic heterocycles. The highest BCUT2D eigenvalue weighted by Crippen LogP contribution is 2.26. The zero-order valence-electron chi connectivity index (χ0n) is 15.9. The Balaban J connectivity index is 1.82. The second kappa shape index (κ2) is 7.96. The van der Waals surface area contributed by atoms with E-state index in [1.807, 2.05) is 38.2 Å². The third-order valence-corrected chi connectivity index (χ3v) is 4.07. The van der Waals surface area contributed by atoms with Crippen LogP contribution in [0.3, 0.4) is 0 Å². The largest absolute Gasteiger partial charge is 0.348 e. The second-order valence-electron chi connectivity index (χ2n) is 8.44. The van der Waals surface area contributed by atoms with Gasteiger partial charge in [-0.1, -0.05) is 52.0 Å². The number of hydrogen-bond donors (Lipinski definition) is 0. The van der Waals surface area contributed by atoms with Crippen molar-refractivity contribution in [3.63, 3.8) is 0 Å². The highest BCUT2D eigenvalue weighted by atomic mass is 16.7. The first-order valence-corrected chi connectivity index (χ1v) is 8.67. The molecule has 0 N–H and O–H groups in total. The SMILES string of the molecule is C/C(=C/C=C/C=C(\C)C1OCC(C)(C)CO1)C1OCC(C)(C)CO1. The molecule has 0 aromatic heterocycles. The summed E-state index contributed by atoms with van der Waals surface area (Å²) in [5.41, 5.74) is 2.33. The third-order valence-electron chi connectivity index (χ3n) is 4.07. The van der Waals surface area contributed by atoms with Gasteiger partial charge in [0.2, 0.25) is 0 Å². The van der Waals surface area contributed by atoms with Gasteiger partial charge in [-0.05, 0) is 25.0 Å². The fraction of sp³-hybridized carbons (Fsp3) is 0.700. The Bertz CT molecular complexity index is 448. The first-order chi connectivity index (χ1) is 11.2. The van der Waals surface area contributed by atoms with E-state index in [0.717, 1.165) is 37.6 Å². The van der Waals surface area contributed by atoms with Crippen LogP contribution in [0.1, 0.15) is 41.5 Å². The molecule has 0 bridgehead atoms. The van der Waals surface area contributed by atoms with Crippen molar-refractivity contribution in [1.82, 2.24) is 0 Å². The number of rotatable bonds is 4. The lowest BCUT2D eigenvalue weighted by atomic mass is 9.95. The van der Waals surface area contributed by atoms with Crippen molar-refractivity contribution in [1.29, 1.82) is 0 Å². The van der Waals surface area contributed by atoms with Crippen LogP contribution < -0.4 is 0 Å². The first kappa shape index (κ1) is 19.4. The Morgan fingerprint density at radius 1 is 0.667 bits per heavy atom. The minimum Gasteiger partial charge on any atom is -0.348 e. The van der Waals surface area contributed by atoms with Crippen LogP contribution in [0.4, 0.5) is 0 Å². The molecule has 136 valence electrons. The molecule has 4 nitrogen and oxygen atoms in total. The first-order valence-electron chi connectivity index (χ1n) is 8.67. The molecule has 2 rings (SSSR count). The van der Waals surface area contributed by atoms with E-state index in [9.17, 15) is 0 Å². The zero-order valence-corrected chi connectivity index (χ0v) is 15.9. The minimum atomic E-state index is -0.236. The second-order valence-corrected chi connectivity index (χ2v) is 8.44. The maximum atomic E-state index is 5.77. The maximum Gasteiger partial charge on any atom is 0.179 e. The van der Waals surface area contributed by atoms with Crippen molar-refractivity contribution >= 4 is 0 Å². The van der Waals surface area contributed by atoms with Crippen molar-refractivity contribution in [3.05, 3.63) is 35.5 Å². The fourth-order valence-electron chi connectivity index (χ4n) is 2.48. The van der Waals surface area contributed by atoms with E-state index in [1.54, 1.807) is 0 Å². The van der Waals surface area contributed by atoms with Crippen LogP contribution in [0, 0.1) is 10.8 Å². The van der Waals surface area contributed by atoms with Gasteiger partial charge in [0.15, 0.2) is 12.6 Å². The topological polar surface area (TPSA) is 36.9 Å². The van der Waals surface area contributed by atoms with Gasteiger partial charge < -0.3 is 18.9 Å². The molecule has 0 saturated carbocycles. The molecule has 24 heavy (non-hydrogen) atoms. The van der Waals surface area contributed by atoms with Crippen molar-refractivity contribution in [2.75, 3.05) is 26.4 Å². The molecule has 0 aliphatic carbocycles. The number of allylic oxidation sites excluding steroid dienone is 4. The number of hydrogen-bond acceptors (Lipinski definition) is 4. The predicted octanol–water partition coefficient (Wildman–Crippen LogP) is 4.23. The van der Waals surface area contributed by atoms with E-state index in [1.165, 1.54) is 0 Å². The van der Waals surface area contributed by atoms with Gasteiger partial charge in [-0.15, -0.1) is 0 Å². The van der Waals surface area contributed by atoms with Crippen LogP contribution in [0.5, 0.6) is 0 Å². The summed E-state index contributed by atoms with van der Waals surface area (Å²) in [6.07, 6.45) is 7.58. The van der Waals surface area contributed by atoms with Crippen molar-refractivity contribution in [3.8, 4) is 0 Å². The van der Waals surface area contributed by atoms with Gasteiger partial charge in [-0.3, -0.25) is 0 Å². The van der Waals surface area contributed by atoms with E-state index in [-0.39, 0.29) is 23.4 Å². The summed E-state index contributed by atoms with van der Waals surface area (Å²) in [7, 11) is 0. The summed E-state index contributed by atoms with van der Waals surface area (Å²) in [6.45, 7) is 15.5. The molecule has 0 radical (unpaired) electrons.